The first-order valence-corrected chi connectivity index (χ1v) is 8.61. The first-order valence-electron chi connectivity index (χ1n) is 7.22. The number of nitrogens with two attached hydrogens (primary N) is 1. The van der Waals surface area contributed by atoms with E-state index in [0.717, 1.165) is 19.3 Å². The van der Waals surface area contributed by atoms with Gasteiger partial charge in [-0.25, -0.2) is 0 Å². The van der Waals surface area contributed by atoms with Gasteiger partial charge in [-0.1, -0.05) is 13.8 Å². The molecule has 19 heavy (non-hydrogen) atoms. The Bertz CT molecular complexity index is 362. The van der Waals surface area contributed by atoms with Crippen molar-refractivity contribution >= 4 is 10.2 Å². The molecule has 1 aliphatic rings. The zero-order chi connectivity index (χ0) is 14.6. The zero-order valence-electron chi connectivity index (χ0n) is 12.7. The Labute approximate surface area is 118 Å². The van der Waals surface area contributed by atoms with Crippen LogP contribution in [0.2, 0.25) is 0 Å². The van der Waals surface area contributed by atoms with Gasteiger partial charge in [0.2, 0.25) is 0 Å². The SMILES string of the molecule is CC(C)CC(C)N(C)S(=O)(=O)N1CCC(CN)CC1. The third-order valence-electron chi connectivity index (χ3n) is 4.03. The summed E-state index contributed by atoms with van der Waals surface area (Å²) in [5, 5.41) is 0. The van der Waals surface area contributed by atoms with Gasteiger partial charge in [-0.2, -0.15) is 17.0 Å². The van der Waals surface area contributed by atoms with Gasteiger partial charge in [0.15, 0.2) is 0 Å². The topological polar surface area (TPSA) is 66.6 Å². The molecular formula is C13H29N3O2S. The number of hydrogen-bond donors (Lipinski definition) is 1. The lowest BCUT2D eigenvalue weighted by Crippen LogP contribution is -2.49. The fraction of sp³-hybridized carbons (Fsp3) is 1.00. The minimum Gasteiger partial charge on any atom is -0.330 e. The molecule has 0 bridgehead atoms. The Morgan fingerprint density at radius 1 is 1.26 bits per heavy atom. The van der Waals surface area contributed by atoms with E-state index < -0.39 is 10.2 Å². The highest BCUT2D eigenvalue weighted by molar-refractivity contribution is 7.86. The van der Waals surface area contributed by atoms with E-state index in [9.17, 15) is 8.42 Å². The molecule has 0 radical (unpaired) electrons. The van der Waals surface area contributed by atoms with Gasteiger partial charge in [0.1, 0.15) is 0 Å². The van der Waals surface area contributed by atoms with Crippen molar-refractivity contribution < 1.29 is 8.42 Å². The molecule has 0 aliphatic carbocycles. The van der Waals surface area contributed by atoms with Gasteiger partial charge >= 0.3 is 0 Å². The van der Waals surface area contributed by atoms with Gasteiger partial charge in [0, 0.05) is 26.2 Å². The number of hydrogen-bond acceptors (Lipinski definition) is 3. The first kappa shape index (κ1) is 16.9. The smallest absolute Gasteiger partial charge is 0.281 e. The van der Waals surface area contributed by atoms with Crippen molar-refractivity contribution in [3.05, 3.63) is 0 Å². The Hall–Kier alpha value is -0.170. The third kappa shape index (κ3) is 4.41. The summed E-state index contributed by atoms with van der Waals surface area (Å²) in [7, 11) is -1.62. The minimum absolute atomic E-state index is 0.0391. The Kier molecular flexibility index (Phi) is 6.23. The lowest BCUT2D eigenvalue weighted by Gasteiger charge is -2.35. The van der Waals surface area contributed by atoms with Crippen molar-refractivity contribution in [2.24, 2.45) is 17.6 Å². The Morgan fingerprint density at radius 2 is 1.79 bits per heavy atom. The van der Waals surface area contributed by atoms with E-state index >= 15 is 0 Å². The molecule has 1 unspecified atom stereocenters. The van der Waals surface area contributed by atoms with E-state index in [-0.39, 0.29) is 6.04 Å². The molecule has 0 aromatic rings. The molecule has 1 saturated heterocycles. The summed E-state index contributed by atoms with van der Waals surface area (Å²) in [6.07, 6.45) is 2.64. The predicted molar refractivity (Wildman–Crippen MR) is 79.0 cm³/mol. The molecule has 0 aromatic carbocycles. The van der Waals surface area contributed by atoms with Crippen molar-refractivity contribution in [3.8, 4) is 0 Å². The monoisotopic (exact) mass is 291 g/mol. The quantitative estimate of drug-likeness (QED) is 0.801. The van der Waals surface area contributed by atoms with Crippen molar-refractivity contribution in [1.29, 1.82) is 0 Å². The average Bonchev–Trinajstić information content (AvgIpc) is 2.37. The second kappa shape index (κ2) is 7.02. The van der Waals surface area contributed by atoms with Crippen LogP contribution in [0.4, 0.5) is 0 Å². The summed E-state index contributed by atoms with van der Waals surface area (Å²) >= 11 is 0. The standard InChI is InChI=1S/C13H29N3O2S/c1-11(2)9-12(3)15(4)19(17,18)16-7-5-13(10-14)6-8-16/h11-13H,5-10,14H2,1-4H3. The maximum Gasteiger partial charge on any atom is 0.281 e. The van der Waals surface area contributed by atoms with Crippen molar-refractivity contribution in [3.63, 3.8) is 0 Å². The highest BCUT2D eigenvalue weighted by Crippen LogP contribution is 2.22. The number of rotatable bonds is 6. The van der Waals surface area contributed by atoms with Crippen LogP contribution in [0.5, 0.6) is 0 Å². The highest BCUT2D eigenvalue weighted by Gasteiger charge is 2.32. The van der Waals surface area contributed by atoms with Gasteiger partial charge in [-0.05, 0) is 44.6 Å². The van der Waals surface area contributed by atoms with Crippen molar-refractivity contribution in [2.75, 3.05) is 26.7 Å². The minimum atomic E-state index is -3.31. The van der Waals surface area contributed by atoms with Crippen LogP contribution in [0.25, 0.3) is 0 Å². The first-order chi connectivity index (χ1) is 8.78. The van der Waals surface area contributed by atoms with E-state index in [2.05, 4.69) is 13.8 Å². The molecule has 1 fully saturated rings. The van der Waals surface area contributed by atoms with Gasteiger partial charge in [0.05, 0.1) is 0 Å². The highest BCUT2D eigenvalue weighted by atomic mass is 32.2. The van der Waals surface area contributed by atoms with E-state index in [1.165, 1.54) is 4.31 Å². The summed E-state index contributed by atoms with van der Waals surface area (Å²) in [5.41, 5.74) is 5.64. The Balaban J connectivity index is 2.65. The van der Waals surface area contributed by atoms with Gasteiger partial charge in [0.25, 0.3) is 10.2 Å². The Morgan fingerprint density at radius 3 is 2.21 bits per heavy atom. The lowest BCUT2D eigenvalue weighted by atomic mass is 9.99. The molecule has 0 aromatic heterocycles. The van der Waals surface area contributed by atoms with Crippen molar-refractivity contribution in [2.45, 2.75) is 46.1 Å². The molecule has 0 saturated carbocycles. The third-order valence-corrected chi connectivity index (χ3v) is 6.14. The normalized spacial score (nSPS) is 21.2. The summed E-state index contributed by atoms with van der Waals surface area (Å²) in [5.74, 6) is 0.973. The summed E-state index contributed by atoms with van der Waals surface area (Å²) < 4.78 is 28.2. The van der Waals surface area contributed by atoms with Crippen LogP contribution in [-0.4, -0.2) is 49.8 Å². The van der Waals surface area contributed by atoms with E-state index in [1.54, 1.807) is 11.4 Å². The fourth-order valence-electron chi connectivity index (χ4n) is 2.62. The van der Waals surface area contributed by atoms with Crippen LogP contribution >= 0.6 is 0 Å². The van der Waals surface area contributed by atoms with E-state index in [0.29, 0.717) is 31.5 Å². The maximum absolute atomic E-state index is 12.5. The molecule has 1 heterocycles. The number of piperidine rings is 1. The maximum atomic E-state index is 12.5. The van der Waals surface area contributed by atoms with Gasteiger partial charge < -0.3 is 5.73 Å². The largest absolute Gasteiger partial charge is 0.330 e. The van der Waals surface area contributed by atoms with Crippen LogP contribution < -0.4 is 5.73 Å². The van der Waals surface area contributed by atoms with Gasteiger partial charge in [-0.3, -0.25) is 0 Å². The molecule has 6 heteroatoms. The average molecular weight is 291 g/mol. The van der Waals surface area contributed by atoms with E-state index in [1.807, 2.05) is 6.92 Å². The second-order valence-electron chi connectivity index (χ2n) is 6.08. The zero-order valence-corrected chi connectivity index (χ0v) is 13.5. The second-order valence-corrected chi connectivity index (χ2v) is 8.07. The molecular weight excluding hydrogens is 262 g/mol. The predicted octanol–water partition coefficient (Wildman–Crippen LogP) is 1.27. The van der Waals surface area contributed by atoms with Crippen LogP contribution in [-0.2, 0) is 10.2 Å². The number of nitrogens with zero attached hydrogens (tertiary/aromatic N) is 2. The molecule has 5 nitrogen and oxygen atoms in total. The lowest BCUT2D eigenvalue weighted by molar-refractivity contribution is 0.247. The molecule has 114 valence electrons. The summed E-state index contributed by atoms with van der Waals surface area (Å²) in [4.78, 5) is 0. The molecule has 0 spiro atoms. The van der Waals surface area contributed by atoms with Crippen LogP contribution in [0.1, 0.15) is 40.0 Å². The van der Waals surface area contributed by atoms with Crippen LogP contribution in [0.3, 0.4) is 0 Å². The molecule has 1 atom stereocenters. The molecule has 1 aliphatic heterocycles. The fourth-order valence-corrected chi connectivity index (χ4v) is 4.19. The van der Waals surface area contributed by atoms with Crippen LogP contribution in [0.15, 0.2) is 0 Å². The van der Waals surface area contributed by atoms with Gasteiger partial charge in [-0.15, -0.1) is 0 Å². The molecule has 0 amide bonds. The van der Waals surface area contributed by atoms with Crippen LogP contribution in [0, 0.1) is 11.8 Å². The summed E-state index contributed by atoms with van der Waals surface area (Å²) in [6, 6.07) is 0.0391. The van der Waals surface area contributed by atoms with Crippen molar-refractivity contribution in [1.82, 2.24) is 8.61 Å². The van der Waals surface area contributed by atoms with E-state index in [4.69, 9.17) is 5.73 Å². The summed E-state index contributed by atoms with van der Waals surface area (Å²) in [6.45, 7) is 8.07. The molecule has 2 N–H and O–H groups in total. The molecule has 1 rings (SSSR count).